The minimum Gasteiger partial charge on any atom is -0.454 e. The zero-order chi connectivity index (χ0) is 18.0. The molecule has 0 aromatic heterocycles. The van der Waals surface area contributed by atoms with Crippen LogP contribution in [0.2, 0.25) is 0 Å². The molecule has 0 spiro atoms. The summed E-state index contributed by atoms with van der Waals surface area (Å²) in [5.41, 5.74) is 0.539. The van der Waals surface area contributed by atoms with E-state index in [0.717, 1.165) is 30.6 Å². The van der Waals surface area contributed by atoms with Gasteiger partial charge in [-0.2, -0.15) is 0 Å². The van der Waals surface area contributed by atoms with Crippen molar-refractivity contribution in [2.45, 2.75) is 44.7 Å². The molecule has 25 heavy (non-hydrogen) atoms. The summed E-state index contributed by atoms with van der Waals surface area (Å²) in [5, 5.41) is 2.81. The lowest BCUT2D eigenvalue weighted by Gasteiger charge is -2.21. The fourth-order valence-corrected chi connectivity index (χ4v) is 3.26. The molecule has 2 aliphatic rings. The van der Waals surface area contributed by atoms with Crippen molar-refractivity contribution in [3.63, 3.8) is 0 Å². The third-order valence-corrected chi connectivity index (χ3v) is 4.62. The Morgan fingerprint density at radius 2 is 1.72 bits per heavy atom. The molecule has 132 valence electrons. The highest BCUT2D eigenvalue weighted by atomic mass is 16.5. The van der Waals surface area contributed by atoms with Crippen LogP contribution >= 0.6 is 0 Å². The standard InChI is InChI=1S/C18H20N2O5/c1-11(18(24)25-10-15(21)19-12-6-2-3-7-12)20-16(22)13-8-4-5-9-14(13)17(20)23/h4-5,8-9,11-12H,2-3,6-7,10H2,1H3,(H,19,21)/t11-/m1/s1. The van der Waals surface area contributed by atoms with Crippen LogP contribution in [0.5, 0.6) is 0 Å². The van der Waals surface area contributed by atoms with E-state index < -0.39 is 30.4 Å². The van der Waals surface area contributed by atoms with Gasteiger partial charge < -0.3 is 10.1 Å². The van der Waals surface area contributed by atoms with Crippen LogP contribution in [0.3, 0.4) is 0 Å². The van der Waals surface area contributed by atoms with Gasteiger partial charge in [-0.1, -0.05) is 25.0 Å². The summed E-state index contributed by atoms with van der Waals surface area (Å²) in [5.74, 6) is -2.20. The third-order valence-electron chi connectivity index (χ3n) is 4.62. The van der Waals surface area contributed by atoms with Crippen molar-refractivity contribution in [2.24, 2.45) is 0 Å². The quantitative estimate of drug-likeness (QED) is 0.641. The van der Waals surface area contributed by atoms with Crippen molar-refractivity contribution in [1.29, 1.82) is 0 Å². The summed E-state index contributed by atoms with van der Waals surface area (Å²) < 4.78 is 4.99. The summed E-state index contributed by atoms with van der Waals surface area (Å²) in [4.78, 5) is 49.5. The molecule has 7 nitrogen and oxygen atoms in total. The minimum atomic E-state index is -1.09. The Hall–Kier alpha value is -2.70. The van der Waals surface area contributed by atoms with Crippen molar-refractivity contribution in [3.8, 4) is 0 Å². The summed E-state index contributed by atoms with van der Waals surface area (Å²) in [7, 11) is 0. The Morgan fingerprint density at radius 3 is 2.28 bits per heavy atom. The van der Waals surface area contributed by atoms with E-state index in [9.17, 15) is 19.2 Å². The van der Waals surface area contributed by atoms with E-state index in [2.05, 4.69) is 5.32 Å². The summed E-state index contributed by atoms with van der Waals surface area (Å²) in [6, 6.07) is 5.45. The molecule has 1 aliphatic heterocycles. The molecule has 1 aliphatic carbocycles. The number of rotatable bonds is 5. The van der Waals surface area contributed by atoms with Gasteiger partial charge in [-0.05, 0) is 31.9 Å². The average molecular weight is 344 g/mol. The first-order valence-corrected chi connectivity index (χ1v) is 8.42. The largest absolute Gasteiger partial charge is 0.454 e. The fraction of sp³-hybridized carbons (Fsp3) is 0.444. The number of amides is 3. The third kappa shape index (κ3) is 3.40. The van der Waals surface area contributed by atoms with Gasteiger partial charge >= 0.3 is 5.97 Å². The predicted octanol–water partition coefficient (Wildman–Crippen LogP) is 1.27. The zero-order valence-electron chi connectivity index (χ0n) is 14.0. The minimum absolute atomic E-state index is 0.139. The van der Waals surface area contributed by atoms with Crippen molar-refractivity contribution >= 4 is 23.7 Å². The molecule has 1 aromatic rings. The van der Waals surface area contributed by atoms with Crippen LogP contribution in [-0.2, 0) is 14.3 Å². The number of carbonyl (C=O) groups is 4. The molecule has 1 aromatic carbocycles. The maximum absolute atomic E-state index is 12.3. The topological polar surface area (TPSA) is 92.8 Å². The van der Waals surface area contributed by atoms with E-state index in [4.69, 9.17) is 4.74 Å². The zero-order valence-corrected chi connectivity index (χ0v) is 14.0. The second kappa shape index (κ2) is 7.04. The van der Waals surface area contributed by atoms with Crippen molar-refractivity contribution in [3.05, 3.63) is 35.4 Å². The van der Waals surface area contributed by atoms with E-state index >= 15 is 0 Å². The van der Waals surface area contributed by atoms with Gasteiger partial charge in [0.2, 0.25) is 0 Å². The first kappa shape index (κ1) is 17.1. The van der Waals surface area contributed by atoms with Crippen LogP contribution in [0, 0.1) is 0 Å². The first-order valence-electron chi connectivity index (χ1n) is 8.42. The molecule has 0 bridgehead atoms. The lowest BCUT2D eigenvalue weighted by Crippen LogP contribution is -2.45. The number of carbonyl (C=O) groups excluding carboxylic acids is 4. The Morgan fingerprint density at radius 1 is 1.16 bits per heavy atom. The molecule has 1 fully saturated rings. The van der Waals surface area contributed by atoms with E-state index in [1.54, 1.807) is 24.3 Å². The average Bonchev–Trinajstić information content (AvgIpc) is 3.20. The molecule has 3 amide bonds. The van der Waals surface area contributed by atoms with Gasteiger partial charge in [0.1, 0.15) is 6.04 Å². The van der Waals surface area contributed by atoms with Crippen molar-refractivity contribution in [1.82, 2.24) is 10.2 Å². The number of fused-ring (bicyclic) bond motifs is 1. The number of benzene rings is 1. The van der Waals surface area contributed by atoms with Crippen LogP contribution in [0.4, 0.5) is 0 Å². The van der Waals surface area contributed by atoms with E-state index in [0.29, 0.717) is 0 Å². The highest BCUT2D eigenvalue weighted by Crippen LogP contribution is 2.24. The molecule has 0 saturated heterocycles. The maximum Gasteiger partial charge on any atom is 0.329 e. The van der Waals surface area contributed by atoms with Crippen LogP contribution < -0.4 is 5.32 Å². The smallest absolute Gasteiger partial charge is 0.329 e. The van der Waals surface area contributed by atoms with Crippen LogP contribution in [0.25, 0.3) is 0 Å². The Bertz CT molecular complexity index is 689. The molecule has 3 rings (SSSR count). The first-order chi connectivity index (χ1) is 12.0. The molecule has 1 N–H and O–H groups in total. The van der Waals surface area contributed by atoms with Gasteiger partial charge in [0.25, 0.3) is 17.7 Å². The Kier molecular flexibility index (Phi) is 4.83. The van der Waals surface area contributed by atoms with Crippen LogP contribution in [-0.4, -0.2) is 47.3 Å². The van der Waals surface area contributed by atoms with Gasteiger partial charge in [-0.25, -0.2) is 4.79 Å². The van der Waals surface area contributed by atoms with Crippen molar-refractivity contribution < 1.29 is 23.9 Å². The lowest BCUT2D eigenvalue weighted by molar-refractivity contribution is -0.152. The summed E-state index contributed by atoms with van der Waals surface area (Å²) in [6.45, 7) is 1.00. The Balaban J connectivity index is 1.57. The van der Waals surface area contributed by atoms with Gasteiger partial charge in [0.15, 0.2) is 6.61 Å². The molecule has 1 heterocycles. The molecular weight excluding hydrogens is 324 g/mol. The molecule has 0 radical (unpaired) electrons. The number of hydrogen-bond acceptors (Lipinski definition) is 5. The van der Waals surface area contributed by atoms with E-state index in [1.807, 2.05) is 0 Å². The summed E-state index contributed by atoms with van der Waals surface area (Å²) >= 11 is 0. The van der Waals surface area contributed by atoms with Gasteiger partial charge in [-0.15, -0.1) is 0 Å². The Labute approximate surface area is 145 Å². The maximum atomic E-state index is 12.3. The van der Waals surface area contributed by atoms with Gasteiger partial charge in [0, 0.05) is 6.04 Å². The molecule has 0 unspecified atom stereocenters. The number of hydrogen-bond donors (Lipinski definition) is 1. The number of imide groups is 1. The van der Waals surface area contributed by atoms with E-state index in [-0.39, 0.29) is 23.1 Å². The monoisotopic (exact) mass is 344 g/mol. The second-order valence-electron chi connectivity index (χ2n) is 6.36. The molecular formula is C18H20N2O5. The molecule has 1 saturated carbocycles. The number of nitrogens with zero attached hydrogens (tertiary/aromatic N) is 1. The van der Waals surface area contributed by atoms with Gasteiger partial charge in [0.05, 0.1) is 11.1 Å². The molecule has 1 atom stereocenters. The highest BCUT2D eigenvalue weighted by molar-refractivity contribution is 6.22. The lowest BCUT2D eigenvalue weighted by atomic mass is 10.1. The normalized spacial score (nSPS) is 18.2. The van der Waals surface area contributed by atoms with Crippen LogP contribution in [0.15, 0.2) is 24.3 Å². The van der Waals surface area contributed by atoms with Crippen molar-refractivity contribution in [2.75, 3.05) is 6.61 Å². The predicted molar refractivity (Wildman–Crippen MR) is 87.8 cm³/mol. The fourth-order valence-electron chi connectivity index (χ4n) is 3.26. The van der Waals surface area contributed by atoms with E-state index in [1.165, 1.54) is 6.92 Å². The number of nitrogens with one attached hydrogen (secondary N) is 1. The molecule has 7 heteroatoms. The summed E-state index contributed by atoms with van der Waals surface area (Å²) in [6.07, 6.45) is 4.04. The van der Waals surface area contributed by atoms with Gasteiger partial charge in [-0.3, -0.25) is 19.3 Å². The number of ether oxygens (including phenoxy) is 1. The van der Waals surface area contributed by atoms with Crippen LogP contribution in [0.1, 0.15) is 53.3 Å². The number of esters is 1. The SMILES string of the molecule is C[C@H](C(=O)OCC(=O)NC1CCCC1)N1C(=O)c2ccccc2C1=O. The highest BCUT2D eigenvalue weighted by Gasteiger charge is 2.41. The second-order valence-corrected chi connectivity index (χ2v) is 6.36.